The lowest BCUT2D eigenvalue weighted by atomic mass is 9.97. The first-order valence-electron chi connectivity index (χ1n) is 16.7. The highest BCUT2D eigenvalue weighted by Gasteiger charge is 2.48. The number of carbonyl (C=O) groups excluding carboxylic acids is 2. The third-order valence-electron chi connectivity index (χ3n) is 7.56. The van der Waals surface area contributed by atoms with Crippen molar-refractivity contribution < 1.29 is 48.6 Å². The maximum absolute atomic E-state index is 12.8. The van der Waals surface area contributed by atoms with Gasteiger partial charge >= 0.3 is 5.97 Å². The summed E-state index contributed by atoms with van der Waals surface area (Å²) in [6.07, 6.45) is 18.8. The monoisotopic (exact) mass is 616 g/mol. The topological polar surface area (TPSA) is 141 Å². The van der Waals surface area contributed by atoms with Crippen LogP contribution in [0.5, 0.6) is 0 Å². The van der Waals surface area contributed by atoms with E-state index in [4.69, 9.17) is 28.8 Å². The molecule has 1 saturated carbocycles. The number of ketones is 1. The van der Waals surface area contributed by atoms with Gasteiger partial charge in [-0.2, -0.15) is 0 Å². The van der Waals surface area contributed by atoms with Gasteiger partial charge in [-0.15, -0.1) is 0 Å². The second kappa shape index (κ2) is 28.1. The van der Waals surface area contributed by atoms with Crippen LogP contribution < -0.4 is 0 Å². The summed E-state index contributed by atoms with van der Waals surface area (Å²) in [6.45, 7) is 1.99. The average molecular weight is 617 g/mol. The highest BCUT2D eigenvalue weighted by Crippen LogP contribution is 2.32. The van der Waals surface area contributed by atoms with Gasteiger partial charge in [-0.25, -0.2) is 0 Å². The molecule has 0 radical (unpaired) electrons. The maximum Gasteiger partial charge on any atom is 0.305 e. The molecule has 4 unspecified atom stereocenters. The Hall–Kier alpha value is -1.40. The minimum atomic E-state index is -0.717. The van der Waals surface area contributed by atoms with E-state index >= 15 is 0 Å². The molecule has 0 aromatic rings. The van der Waals surface area contributed by atoms with Crippen molar-refractivity contribution in [1.29, 1.82) is 0 Å². The van der Waals surface area contributed by atoms with E-state index in [1.165, 1.54) is 57.8 Å². The molecule has 1 aliphatic rings. The normalized spacial score (nSPS) is 19.4. The third kappa shape index (κ3) is 19.6. The Balaban J connectivity index is 2.19. The van der Waals surface area contributed by atoms with Gasteiger partial charge in [0.15, 0.2) is 0 Å². The van der Waals surface area contributed by atoms with E-state index in [1.54, 1.807) is 0 Å². The van der Waals surface area contributed by atoms with Gasteiger partial charge in [-0.05, 0) is 32.1 Å². The fourth-order valence-corrected chi connectivity index (χ4v) is 5.33. The van der Waals surface area contributed by atoms with Gasteiger partial charge in [-0.1, -0.05) is 70.4 Å². The minimum absolute atomic E-state index is 0.0115. The molecule has 10 heteroatoms. The second-order valence-electron chi connectivity index (χ2n) is 11.2. The van der Waals surface area contributed by atoms with E-state index in [9.17, 15) is 19.8 Å². The molecule has 10 nitrogen and oxygen atoms in total. The Morgan fingerprint density at radius 3 is 2.05 bits per heavy atom. The third-order valence-corrected chi connectivity index (χ3v) is 7.56. The van der Waals surface area contributed by atoms with E-state index < -0.39 is 24.2 Å². The van der Waals surface area contributed by atoms with Crippen molar-refractivity contribution in [2.24, 2.45) is 5.92 Å². The van der Waals surface area contributed by atoms with Crippen LogP contribution in [0.3, 0.4) is 0 Å². The van der Waals surface area contributed by atoms with Crippen LogP contribution in [0.2, 0.25) is 0 Å². The summed E-state index contributed by atoms with van der Waals surface area (Å²) < 4.78 is 28.0. The number of carbonyl (C=O) groups is 2. The Kier molecular flexibility index (Phi) is 25.9. The van der Waals surface area contributed by atoms with Gasteiger partial charge in [0.2, 0.25) is 0 Å². The number of rotatable bonds is 30. The number of hydrogen-bond donors (Lipinski definition) is 3. The Labute approximate surface area is 259 Å². The van der Waals surface area contributed by atoms with Crippen LogP contribution in [0.4, 0.5) is 0 Å². The molecule has 1 fully saturated rings. The highest BCUT2D eigenvalue weighted by molar-refractivity contribution is 5.85. The summed E-state index contributed by atoms with van der Waals surface area (Å²) in [4.78, 5) is 24.9. The quantitative estimate of drug-likeness (QED) is 0.0608. The number of ether oxygens (including phenoxy) is 5. The van der Waals surface area contributed by atoms with Crippen molar-refractivity contribution in [3.63, 3.8) is 0 Å². The molecule has 0 heterocycles. The van der Waals surface area contributed by atoms with Crippen LogP contribution in [0.15, 0.2) is 12.2 Å². The van der Waals surface area contributed by atoms with E-state index in [2.05, 4.69) is 19.1 Å². The Morgan fingerprint density at radius 2 is 1.40 bits per heavy atom. The van der Waals surface area contributed by atoms with Gasteiger partial charge in [-0.3, -0.25) is 9.59 Å². The van der Waals surface area contributed by atoms with Gasteiger partial charge in [0, 0.05) is 12.8 Å². The summed E-state index contributed by atoms with van der Waals surface area (Å²) in [7, 11) is 0. The molecule has 0 aliphatic heterocycles. The molecule has 0 aromatic heterocycles. The summed E-state index contributed by atoms with van der Waals surface area (Å²) >= 11 is 0. The molecule has 252 valence electrons. The summed E-state index contributed by atoms with van der Waals surface area (Å²) in [5, 5.41) is 27.6. The fraction of sp³-hybridized carbons (Fsp3) is 0.879. The predicted octanol–water partition coefficient (Wildman–Crippen LogP) is 4.31. The standard InChI is InChI=1S/C33H60O10/c1-2-3-4-5-6-7-8-9-10-11-12-13-14-15-16-17-31(38)42-25-24-39-27-30(41-22-19-35)32-28(37)26-29(40-21-18-34)33(32)43-23-20-36/h9-10,29-30,32-36H,2-8,11-27H2,1H3. The molecule has 3 N–H and O–H groups in total. The lowest BCUT2D eigenvalue weighted by molar-refractivity contribution is -0.148. The maximum atomic E-state index is 12.8. The lowest BCUT2D eigenvalue weighted by Gasteiger charge is -2.29. The lowest BCUT2D eigenvalue weighted by Crippen LogP contribution is -2.43. The van der Waals surface area contributed by atoms with Crippen molar-refractivity contribution in [3.8, 4) is 0 Å². The SMILES string of the molecule is CCCCCCCCC=CCCCCCCCC(=O)OCCOCC(OCCO)C1C(=O)CC(OCCO)C1OCCO. The average Bonchev–Trinajstić information content (AvgIpc) is 3.32. The number of hydrogen-bond acceptors (Lipinski definition) is 10. The van der Waals surface area contributed by atoms with Crippen molar-refractivity contribution in [2.75, 3.05) is 59.5 Å². The van der Waals surface area contributed by atoms with Crippen molar-refractivity contribution in [2.45, 2.75) is 122 Å². The molecule has 1 rings (SSSR count). The Morgan fingerprint density at radius 1 is 0.791 bits per heavy atom. The van der Waals surface area contributed by atoms with Crippen LogP contribution >= 0.6 is 0 Å². The first-order chi connectivity index (χ1) is 21.1. The Bertz CT molecular complexity index is 701. The van der Waals surface area contributed by atoms with E-state index in [-0.39, 0.29) is 77.6 Å². The molecule has 4 atom stereocenters. The van der Waals surface area contributed by atoms with Crippen LogP contribution in [-0.2, 0) is 33.3 Å². The number of Topliss-reactive ketones (excluding diaryl/α,β-unsaturated/α-hetero) is 1. The number of unbranched alkanes of at least 4 members (excludes halogenated alkanes) is 11. The molecule has 0 saturated heterocycles. The number of aliphatic hydroxyl groups is 3. The van der Waals surface area contributed by atoms with Crippen LogP contribution in [-0.4, -0.2) is 105 Å². The van der Waals surface area contributed by atoms with Crippen LogP contribution in [0.1, 0.15) is 103 Å². The van der Waals surface area contributed by atoms with Crippen molar-refractivity contribution in [1.82, 2.24) is 0 Å². The van der Waals surface area contributed by atoms with E-state index in [0.29, 0.717) is 6.42 Å². The number of allylic oxidation sites excluding steroid dienone is 2. The van der Waals surface area contributed by atoms with Crippen LogP contribution in [0, 0.1) is 5.92 Å². The first-order valence-corrected chi connectivity index (χ1v) is 16.7. The summed E-state index contributed by atoms with van der Waals surface area (Å²) in [5.41, 5.74) is 0. The minimum Gasteiger partial charge on any atom is -0.463 e. The summed E-state index contributed by atoms with van der Waals surface area (Å²) in [5.74, 6) is -1.10. The smallest absolute Gasteiger partial charge is 0.305 e. The van der Waals surface area contributed by atoms with E-state index in [0.717, 1.165) is 25.7 Å². The van der Waals surface area contributed by atoms with Crippen molar-refractivity contribution in [3.05, 3.63) is 12.2 Å². The molecular weight excluding hydrogens is 556 g/mol. The van der Waals surface area contributed by atoms with Crippen molar-refractivity contribution >= 4 is 11.8 Å². The van der Waals surface area contributed by atoms with Crippen LogP contribution in [0.25, 0.3) is 0 Å². The molecule has 0 bridgehead atoms. The van der Waals surface area contributed by atoms with Gasteiger partial charge in [0.25, 0.3) is 0 Å². The molecular formula is C33H60O10. The van der Waals surface area contributed by atoms with Gasteiger partial charge in [0.1, 0.15) is 12.4 Å². The summed E-state index contributed by atoms with van der Waals surface area (Å²) in [6, 6.07) is 0. The highest BCUT2D eigenvalue weighted by atomic mass is 16.6. The van der Waals surface area contributed by atoms with Gasteiger partial charge in [0.05, 0.1) is 77.1 Å². The number of esters is 1. The van der Waals surface area contributed by atoms with E-state index in [1.807, 2.05) is 0 Å². The molecule has 0 aromatic carbocycles. The molecule has 43 heavy (non-hydrogen) atoms. The molecule has 1 aliphatic carbocycles. The number of aliphatic hydroxyl groups excluding tert-OH is 3. The molecule has 0 amide bonds. The molecule has 0 spiro atoms. The fourth-order valence-electron chi connectivity index (χ4n) is 5.33. The first kappa shape index (κ1) is 39.6. The zero-order valence-electron chi connectivity index (χ0n) is 26.6. The zero-order chi connectivity index (χ0) is 31.4. The zero-order valence-corrected chi connectivity index (χ0v) is 26.6. The largest absolute Gasteiger partial charge is 0.463 e. The van der Waals surface area contributed by atoms with Gasteiger partial charge < -0.3 is 39.0 Å². The second-order valence-corrected chi connectivity index (χ2v) is 11.2. The predicted molar refractivity (Wildman–Crippen MR) is 165 cm³/mol.